The summed E-state index contributed by atoms with van der Waals surface area (Å²) in [4.78, 5) is 2.43. The van der Waals surface area contributed by atoms with Crippen molar-refractivity contribution in [3.05, 3.63) is 0 Å². The van der Waals surface area contributed by atoms with E-state index in [1.807, 2.05) is 0 Å². The first-order valence-electron chi connectivity index (χ1n) is 6.98. The van der Waals surface area contributed by atoms with Gasteiger partial charge < -0.3 is 19.5 Å². The summed E-state index contributed by atoms with van der Waals surface area (Å²) in [5, 5.41) is 3.38. The lowest BCUT2D eigenvalue weighted by molar-refractivity contribution is -0.0258. The molecule has 0 aromatic carbocycles. The number of hydrogen-bond acceptors (Lipinski definition) is 5. The van der Waals surface area contributed by atoms with Crippen molar-refractivity contribution < 1.29 is 14.2 Å². The predicted molar refractivity (Wildman–Crippen MR) is 72.0 cm³/mol. The predicted octanol–water partition coefficient (Wildman–Crippen LogP) is 0.350. The van der Waals surface area contributed by atoms with Crippen molar-refractivity contribution in [3.63, 3.8) is 0 Å². The molecule has 1 aliphatic rings. The van der Waals surface area contributed by atoms with E-state index in [0.717, 1.165) is 65.6 Å². The van der Waals surface area contributed by atoms with Gasteiger partial charge in [-0.15, -0.1) is 0 Å². The van der Waals surface area contributed by atoms with Gasteiger partial charge in [-0.3, -0.25) is 4.90 Å². The molecule has 1 atom stereocenters. The van der Waals surface area contributed by atoms with Crippen LogP contribution in [0, 0.1) is 0 Å². The highest BCUT2D eigenvalue weighted by molar-refractivity contribution is 4.72. The molecule has 1 aliphatic heterocycles. The van der Waals surface area contributed by atoms with E-state index in [-0.39, 0.29) is 0 Å². The highest BCUT2D eigenvalue weighted by Gasteiger charge is 2.18. The van der Waals surface area contributed by atoms with Crippen molar-refractivity contribution in [2.45, 2.75) is 19.4 Å². The first kappa shape index (κ1) is 15.9. The Morgan fingerprint density at radius 1 is 1.33 bits per heavy atom. The van der Waals surface area contributed by atoms with Gasteiger partial charge in [-0.1, -0.05) is 6.92 Å². The molecule has 0 spiro atoms. The Bertz CT molecular complexity index is 193. The van der Waals surface area contributed by atoms with Crippen LogP contribution in [-0.2, 0) is 14.2 Å². The minimum Gasteiger partial charge on any atom is -0.385 e. The van der Waals surface area contributed by atoms with E-state index in [1.165, 1.54) is 0 Å². The molecule has 5 heteroatoms. The quantitative estimate of drug-likeness (QED) is 0.574. The molecule has 0 aliphatic carbocycles. The number of nitrogens with zero attached hydrogens (tertiary/aromatic N) is 1. The number of morpholine rings is 1. The Morgan fingerprint density at radius 3 is 3.00 bits per heavy atom. The Hall–Kier alpha value is -0.200. The summed E-state index contributed by atoms with van der Waals surface area (Å²) in [5.41, 5.74) is 0. The van der Waals surface area contributed by atoms with E-state index in [0.29, 0.717) is 6.10 Å². The van der Waals surface area contributed by atoms with Crippen LogP contribution in [0.2, 0.25) is 0 Å². The molecular formula is C13H28N2O3. The molecule has 5 nitrogen and oxygen atoms in total. The third-order valence-electron chi connectivity index (χ3n) is 3.10. The van der Waals surface area contributed by atoms with Crippen molar-refractivity contribution in [3.8, 4) is 0 Å². The second kappa shape index (κ2) is 10.7. The number of rotatable bonds is 10. The molecular weight excluding hydrogens is 232 g/mol. The first-order valence-corrected chi connectivity index (χ1v) is 6.98. The summed E-state index contributed by atoms with van der Waals surface area (Å²) in [7, 11) is 1.71. The average Bonchev–Trinajstić information content (AvgIpc) is 2.42. The van der Waals surface area contributed by atoms with Gasteiger partial charge >= 0.3 is 0 Å². The molecule has 1 heterocycles. The molecule has 0 saturated carbocycles. The maximum Gasteiger partial charge on any atom is 0.0826 e. The van der Waals surface area contributed by atoms with Gasteiger partial charge in [-0.05, 0) is 13.0 Å². The summed E-state index contributed by atoms with van der Waals surface area (Å²) in [5.74, 6) is 0. The topological polar surface area (TPSA) is 43.0 Å². The van der Waals surface area contributed by atoms with E-state index >= 15 is 0 Å². The number of nitrogens with one attached hydrogen (secondary N) is 1. The largest absolute Gasteiger partial charge is 0.385 e. The monoisotopic (exact) mass is 260 g/mol. The fourth-order valence-corrected chi connectivity index (χ4v) is 2.01. The van der Waals surface area contributed by atoms with Crippen molar-refractivity contribution in [2.24, 2.45) is 0 Å². The third kappa shape index (κ3) is 7.28. The smallest absolute Gasteiger partial charge is 0.0826 e. The SMILES string of the molecule is CCN1CCOC(CNCCOCCCOC)C1. The molecule has 1 fully saturated rings. The van der Waals surface area contributed by atoms with E-state index in [4.69, 9.17) is 14.2 Å². The molecule has 0 radical (unpaired) electrons. The van der Waals surface area contributed by atoms with Gasteiger partial charge in [0.2, 0.25) is 0 Å². The van der Waals surface area contributed by atoms with E-state index in [2.05, 4.69) is 17.1 Å². The highest BCUT2D eigenvalue weighted by Crippen LogP contribution is 2.03. The summed E-state index contributed by atoms with van der Waals surface area (Å²) in [6.45, 7) is 10.4. The second-order valence-electron chi connectivity index (χ2n) is 4.55. The van der Waals surface area contributed by atoms with Crippen LogP contribution in [0.1, 0.15) is 13.3 Å². The number of likely N-dealkylation sites (N-methyl/N-ethyl adjacent to an activating group) is 1. The fourth-order valence-electron chi connectivity index (χ4n) is 2.01. The second-order valence-corrected chi connectivity index (χ2v) is 4.55. The van der Waals surface area contributed by atoms with Crippen LogP contribution in [-0.4, -0.2) is 77.3 Å². The Kier molecular flexibility index (Phi) is 9.42. The van der Waals surface area contributed by atoms with E-state index in [1.54, 1.807) is 7.11 Å². The average molecular weight is 260 g/mol. The highest BCUT2D eigenvalue weighted by atomic mass is 16.5. The molecule has 1 rings (SSSR count). The third-order valence-corrected chi connectivity index (χ3v) is 3.10. The molecule has 1 N–H and O–H groups in total. The van der Waals surface area contributed by atoms with Gasteiger partial charge in [0.1, 0.15) is 0 Å². The van der Waals surface area contributed by atoms with Gasteiger partial charge in [0, 0.05) is 46.5 Å². The Balaban J connectivity index is 1.88. The minimum absolute atomic E-state index is 0.326. The molecule has 1 unspecified atom stereocenters. The van der Waals surface area contributed by atoms with Gasteiger partial charge in [0.25, 0.3) is 0 Å². The van der Waals surface area contributed by atoms with Crippen LogP contribution in [0.25, 0.3) is 0 Å². The summed E-state index contributed by atoms with van der Waals surface area (Å²) < 4.78 is 16.1. The summed E-state index contributed by atoms with van der Waals surface area (Å²) in [6.07, 6.45) is 1.29. The van der Waals surface area contributed by atoms with Gasteiger partial charge in [-0.25, -0.2) is 0 Å². The normalized spacial score (nSPS) is 21.3. The lowest BCUT2D eigenvalue weighted by Gasteiger charge is -2.32. The first-order chi connectivity index (χ1) is 8.86. The molecule has 108 valence electrons. The number of ether oxygens (including phenoxy) is 3. The van der Waals surface area contributed by atoms with Crippen molar-refractivity contribution >= 4 is 0 Å². The zero-order valence-corrected chi connectivity index (χ0v) is 11.8. The van der Waals surface area contributed by atoms with Crippen molar-refractivity contribution in [2.75, 3.05) is 66.3 Å². The summed E-state index contributed by atoms with van der Waals surface area (Å²) >= 11 is 0. The lowest BCUT2D eigenvalue weighted by Crippen LogP contribution is -2.46. The number of hydrogen-bond donors (Lipinski definition) is 1. The zero-order valence-electron chi connectivity index (χ0n) is 11.8. The maximum atomic E-state index is 5.71. The van der Waals surface area contributed by atoms with Crippen LogP contribution in [0.3, 0.4) is 0 Å². The number of methoxy groups -OCH3 is 1. The Morgan fingerprint density at radius 2 is 2.22 bits per heavy atom. The minimum atomic E-state index is 0.326. The molecule has 0 aromatic rings. The van der Waals surface area contributed by atoms with Crippen molar-refractivity contribution in [1.82, 2.24) is 10.2 Å². The Labute approximate surface area is 111 Å². The lowest BCUT2D eigenvalue weighted by atomic mass is 10.2. The van der Waals surface area contributed by atoms with Crippen LogP contribution in [0.5, 0.6) is 0 Å². The van der Waals surface area contributed by atoms with Crippen molar-refractivity contribution in [1.29, 1.82) is 0 Å². The fraction of sp³-hybridized carbons (Fsp3) is 1.00. The molecule has 0 bridgehead atoms. The maximum absolute atomic E-state index is 5.71. The standard InChI is InChI=1S/C13H28N2O3/c1-3-15-6-10-18-13(12-15)11-14-5-9-17-8-4-7-16-2/h13-14H,3-12H2,1-2H3. The summed E-state index contributed by atoms with van der Waals surface area (Å²) in [6, 6.07) is 0. The van der Waals surface area contributed by atoms with E-state index < -0.39 is 0 Å². The molecule has 0 amide bonds. The van der Waals surface area contributed by atoms with Crippen LogP contribution in [0.4, 0.5) is 0 Å². The van der Waals surface area contributed by atoms with Crippen LogP contribution < -0.4 is 5.32 Å². The zero-order chi connectivity index (χ0) is 13.1. The van der Waals surface area contributed by atoms with Gasteiger partial charge in [0.05, 0.1) is 19.3 Å². The molecule has 0 aromatic heterocycles. The molecule has 1 saturated heterocycles. The van der Waals surface area contributed by atoms with Gasteiger partial charge in [0.15, 0.2) is 0 Å². The van der Waals surface area contributed by atoms with E-state index in [9.17, 15) is 0 Å². The van der Waals surface area contributed by atoms with Gasteiger partial charge in [-0.2, -0.15) is 0 Å². The molecule has 18 heavy (non-hydrogen) atoms. The van der Waals surface area contributed by atoms with Crippen LogP contribution in [0.15, 0.2) is 0 Å². The van der Waals surface area contributed by atoms with Crippen LogP contribution >= 0.6 is 0 Å².